The Bertz CT molecular complexity index is 260. The van der Waals surface area contributed by atoms with E-state index in [0.717, 1.165) is 13.0 Å². The summed E-state index contributed by atoms with van der Waals surface area (Å²) < 4.78 is 5.13. The van der Waals surface area contributed by atoms with Crippen LogP contribution in [0, 0.1) is 5.92 Å². The third-order valence-electron chi connectivity index (χ3n) is 2.53. The third-order valence-corrected chi connectivity index (χ3v) is 3.51. The van der Waals surface area contributed by atoms with E-state index in [1.165, 1.54) is 12.0 Å². The first kappa shape index (κ1) is 12.7. The normalized spacial score (nSPS) is 14.9. The standard InChI is InChI=1S/C13H19BrO/c1-11(10-15-2)8-9-13(14)12-6-4-3-5-7-12/h3-7,11,13H,8-10H2,1-2H3. The minimum atomic E-state index is 0.470. The van der Waals surface area contributed by atoms with E-state index in [1.807, 2.05) is 0 Å². The number of halogens is 1. The molecule has 1 aromatic rings. The van der Waals surface area contributed by atoms with Gasteiger partial charge in [0, 0.05) is 18.5 Å². The molecule has 0 heterocycles. The summed E-state index contributed by atoms with van der Waals surface area (Å²) in [6.45, 7) is 3.09. The monoisotopic (exact) mass is 270 g/mol. The Balaban J connectivity index is 2.33. The van der Waals surface area contributed by atoms with E-state index in [-0.39, 0.29) is 0 Å². The van der Waals surface area contributed by atoms with Crippen LogP contribution >= 0.6 is 15.9 Å². The highest BCUT2D eigenvalue weighted by atomic mass is 79.9. The lowest BCUT2D eigenvalue weighted by Gasteiger charge is -2.13. The Morgan fingerprint density at radius 2 is 1.87 bits per heavy atom. The van der Waals surface area contributed by atoms with Crippen molar-refractivity contribution < 1.29 is 4.74 Å². The summed E-state index contributed by atoms with van der Waals surface area (Å²) >= 11 is 3.72. The predicted octanol–water partition coefficient (Wildman–Crippen LogP) is 4.19. The van der Waals surface area contributed by atoms with Gasteiger partial charge in [0.2, 0.25) is 0 Å². The van der Waals surface area contributed by atoms with Crippen molar-refractivity contribution in [3.8, 4) is 0 Å². The van der Waals surface area contributed by atoms with E-state index in [9.17, 15) is 0 Å². The molecular weight excluding hydrogens is 252 g/mol. The summed E-state index contributed by atoms with van der Waals surface area (Å²) in [5.74, 6) is 0.638. The fourth-order valence-corrected chi connectivity index (χ4v) is 2.20. The Labute approximate surface area is 101 Å². The topological polar surface area (TPSA) is 9.23 Å². The SMILES string of the molecule is COCC(C)CCC(Br)c1ccccc1. The smallest absolute Gasteiger partial charge is 0.0487 e. The average molecular weight is 271 g/mol. The van der Waals surface area contributed by atoms with Gasteiger partial charge in [-0.25, -0.2) is 0 Å². The van der Waals surface area contributed by atoms with Crippen molar-refractivity contribution in [2.75, 3.05) is 13.7 Å². The van der Waals surface area contributed by atoms with Gasteiger partial charge in [-0.3, -0.25) is 0 Å². The van der Waals surface area contributed by atoms with Gasteiger partial charge in [-0.15, -0.1) is 0 Å². The fourth-order valence-electron chi connectivity index (χ4n) is 1.63. The molecule has 0 N–H and O–H groups in total. The first-order chi connectivity index (χ1) is 7.24. The van der Waals surface area contributed by atoms with Crippen LogP contribution in [0.5, 0.6) is 0 Å². The molecule has 1 rings (SSSR count). The van der Waals surface area contributed by atoms with E-state index in [1.54, 1.807) is 7.11 Å². The lowest BCUT2D eigenvalue weighted by atomic mass is 10.0. The zero-order chi connectivity index (χ0) is 11.1. The van der Waals surface area contributed by atoms with Crippen LogP contribution < -0.4 is 0 Å². The van der Waals surface area contributed by atoms with E-state index >= 15 is 0 Å². The molecule has 2 unspecified atom stereocenters. The molecule has 2 atom stereocenters. The van der Waals surface area contributed by atoms with Crippen molar-refractivity contribution in [3.05, 3.63) is 35.9 Å². The molecule has 0 aliphatic heterocycles. The van der Waals surface area contributed by atoms with Crippen LogP contribution in [0.4, 0.5) is 0 Å². The van der Waals surface area contributed by atoms with Crippen LogP contribution in [0.15, 0.2) is 30.3 Å². The Hall–Kier alpha value is -0.340. The van der Waals surface area contributed by atoms with E-state index in [0.29, 0.717) is 10.7 Å². The van der Waals surface area contributed by atoms with Crippen LogP contribution in [0.25, 0.3) is 0 Å². The van der Waals surface area contributed by atoms with Gasteiger partial charge in [-0.1, -0.05) is 53.2 Å². The Morgan fingerprint density at radius 1 is 1.20 bits per heavy atom. The molecule has 1 aromatic carbocycles. The lowest BCUT2D eigenvalue weighted by Crippen LogP contribution is -2.04. The van der Waals surface area contributed by atoms with E-state index in [2.05, 4.69) is 53.2 Å². The molecule has 84 valence electrons. The molecule has 0 saturated carbocycles. The van der Waals surface area contributed by atoms with Crippen molar-refractivity contribution >= 4 is 15.9 Å². The summed E-state index contributed by atoms with van der Waals surface area (Å²) in [4.78, 5) is 0.470. The Morgan fingerprint density at radius 3 is 2.47 bits per heavy atom. The molecule has 0 amide bonds. The second kappa shape index (κ2) is 7.02. The van der Waals surface area contributed by atoms with Crippen LogP contribution in [-0.2, 0) is 4.74 Å². The molecular formula is C13H19BrO. The highest BCUT2D eigenvalue weighted by Gasteiger charge is 2.09. The molecule has 0 fully saturated rings. The molecule has 0 aliphatic rings. The minimum Gasteiger partial charge on any atom is -0.384 e. The first-order valence-electron chi connectivity index (χ1n) is 5.42. The van der Waals surface area contributed by atoms with Gasteiger partial charge in [-0.05, 0) is 24.3 Å². The Kier molecular flexibility index (Phi) is 5.96. The van der Waals surface area contributed by atoms with Gasteiger partial charge < -0.3 is 4.74 Å². The van der Waals surface area contributed by atoms with Crippen molar-refractivity contribution in [1.82, 2.24) is 0 Å². The number of ether oxygens (including phenoxy) is 1. The molecule has 0 spiro atoms. The van der Waals surface area contributed by atoms with Crippen molar-refractivity contribution in [1.29, 1.82) is 0 Å². The quantitative estimate of drug-likeness (QED) is 0.705. The summed E-state index contributed by atoms with van der Waals surface area (Å²) in [5.41, 5.74) is 1.36. The predicted molar refractivity (Wildman–Crippen MR) is 68.4 cm³/mol. The number of hydrogen-bond donors (Lipinski definition) is 0. The lowest BCUT2D eigenvalue weighted by molar-refractivity contribution is 0.154. The number of rotatable bonds is 6. The maximum atomic E-state index is 5.13. The number of alkyl halides is 1. The molecule has 15 heavy (non-hydrogen) atoms. The van der Waals surface area contributed by atoms with Gasteiger partial charge in [-0.2, -0.15) is 0 Å². The van der Waals surface area contributed by atoms with E-state index < -0.39 is 0 Å². The van der Waals surface area contributed by atoms with Crippen LogP contribution in [-0.4, -0.2) is 13.7 Å². The number of hydrogen-bond acceptors (Lipinski definition) is 1. The summed E-state index contributed by atoms with van der Waals surface area (Å²) in [5, 5.41) is 0. The molecule has 0 bridgehead atoms. The summed E-state index contributed by atoms with van der Waals surface area (Å²) in [6.07, 6.45) is 2.35. The van der Waals surface area contributed by atoms with Crippen molar-refractivity contribution in [2.24, 2.45) is 5.92 Å². The zero-order valence-corrected chi connectivity index (χ0v) is 11.0. The van der Waals surface area contributed by atoms with Gasteiger partial charge in [0.15, 0.2) is 0 Å². The fraction of sp³-hybridized carbons (Fsp3) is 0.538. The minimum absolute atomic E-state index is 0.470. The molecule has 1 nitrogen and oxygen atoms in total. The first-order valence-corrected chi connectivity index (χ1v) is 6.33. The second-order valence-corrected chi connectivity index (χ2v) is 5.12. The van der Waals surface area contributed by atoms with Crippen LogP contribution in [0.3, 0.4) is 0 Å². The number of benzene rings is 1. The second-order valence-electron chi connectivity index (χ2n) is 4.02. The molecule has 0 aromatic heterocycles. The summed E-state index contributed by atoms with van der Waals surface area (Å²) in [7, 11) is 1.76. The van der Waals surface area contributed by atoms with Gasteiger partial charge in [0.25, 0.3) is 0 Å². The maximum absolute atomic E-state index is 5.13. The van der Waals surface area contributed by atoms with Gasteiger partial charge >= 0.3 is 0 Å². The third kappa shape index (κ3) is 4.80. The average Bonchev–Trinajstić information content (AvgIpc) is 2.27. The highest BCUT2D eigenvalue weighted by molar-refractivity contribution is 9.09. The maximum Gasteiger partial charge on any atom is 0.0487 e. The molecule has 0 aliphatic carbocycles. The van der Waals surface area contributed by atoms with E-state index in [4.69, 9.17) is 4.74 Å². The zero-order valence-electron chi connectivity index (χ0n) is 9.45. The molecule has 0 radical (unpaired) electrons. The summed E-state index contributed by atoms with van der Waals surface area (Å²) in [6, 6.07) is 10.6. The highest BCUT2D eigenvalue weighted by Crippen LogP contribution is 2.28. The van der Waals surface area contributed by atoms with Crippen LogP contribution in [0.1, 0.15) is 30.2 Å². The van der Waals surface area contributed by atoms with Gasteiger partial charge in [0.1, 0.15) is 0 Å². The molecule has 0 saturated heterocycles. The van der Waals surface area contributed by atoms with Gasteiger partial charge in [0.05, 0.1) is 0 Å². The van der Waals surface area contributed by atoms with Crippen molar-refractivity contribution in [2.45, 2.75) is 24.6 Å². The molecule has 2 heteroatoms. The largest absolute Gasteiger partial charge is 0.384 e. The number of methoxy groups -OCH3 is 1. The van der Waals surface area contributed by atoms with Crippen molar-refractivity contribution in [3.63, 3.8) is 0 Å². The van der Waals surface area contributed by atoms with Crippen LogP contribution in [0.2, 0.25) is 0 Å².